The lowest BCUT2D eigenvalue weighted by molar-refractivity contribution is -0.850. The number of aliphatic hydroxyl groups is 1. The first-order chi connectivity index (χ1) is 15.7. The predicted molar refractivity (Wildman–Crippen MR) is 139 cm³/mol. The number of unbranched alkanes of at least 4 members (excludes halogenated alkanes) is 11. The lowest BCUT2D eigenvalue weighted by Crippen LogP contribution is -2.51. The summed E-state index contributed by atoms with van der Waals surface area (Å²) in [5.41, 5.74) is 1.35. The average molecular weight is 444 g/mol. The number of hydrogen-bond donors (Lipinski definition) is 1. The molecule has 1 N–H and O–H groups in total. The van der Waals surface area contributed by atoms with Gasteiger partial charge in [-0.05, 0) is 12.3 Å². The van der Waals surface area contributed by atoms with Gasteiger partial charge in [-0.15, -0.1) is 0 Å². The van der Waals surface area contributed by atoms with E-state index in [0.29, 0.717) is 0 Å². The monoisotopic (exact) mass is 443 g/mol. The van der Waals surface area contributed by atoms with E-state index in [4.69, 9.17) is 4.99 Å². The van der Waals surface area contributed by atoms with E-state index in [1.54, 1.807) is 0 Å². The van der Waals surface area contributed by atoms with E-state index in [1.807, 2.05) is 0 Å². The third-order valence-corrected chi connectivity index (χ3v) is 7.16. The van der Waals surface area contributed by atoms with E-state index in [1.165, 1.54) is 94.9 Å². The number of quaternary nitrogens is 1. The summed E-state index contributed by atoms with van der Waals surface area (Å²) in [6, 6.07) is 10.7. The number of benzene rings is 1. The van der Waals surface area contributed by atoms with Gasteiger partial charge in [-0.3, -0.25) is 4.48 Å². The van der Waals surface area contributed by atoms with Crippen LogP contribution in [0.25, 0.3) is 0 Å². The fourth-order valence-corrected chi connectivity index (χ4v) is 5.18. The van der Waals surface area contributed by atoms with E-state index in [9.17, 15) is 5.11 Å². The molecule has 1 aromatic carbocycles. The molecule has 0 saturated carbocycles. The molecule has 1 unspecified atom stereocenters. The average Bonchev–Trinajstić information content (AvgIpc) is 3.16. The van der Waals surface area contributed by atoms with Gasteiger partial charge in [0.1, 0.15) is 19.6 Å². The highest BCUT2D eigenvalue weighted by molar-refractivity contribution is 5.76. The first-order valence-corrected chi connectivity index (χ1v) is 13.7. The van der Waals surface area contributed by atoms with E-state index >= 15 is 0 Å². The van der Waals surface area contributed by atoms with E-state index in [0.717, 1.165) is 43.0 Å². The van der Waals surface area contributed by atoms with Crippen molar-refractivity contribution in [1.29, 1.82) is 0 Å². The van der Waals surface area contributed by atoms with Crippen LogP contribution in [0.5, 0.6) is 0 Å². The van der Waals surface area contributed by atoms with Crippen LogP contribution in [0.3, 0.4) is 0 Å². The zero-order valence-electron chi connectivity index (χ0n) is 21.2. The molecule has 3 nitrogen and oxygen atoms in total. The molecule has 0 saturated heterocycles. The van der Waals surface area contributed by atoms with Gasteiger partial charge in [0.25, 0.3) is 0 Å². The Bertz CT molecular complexity index is 613. The zero-order chi connectivity index (χ0) is 22.9. The Kier molecular flexibility index (Phi) is 13.9. The molecule has 0 aromatic heterocycles. The SMILES string of the molecule is CC(C)CCCCCCCCCCCCCCC1=NCC[N+]1(CCO)Cc1ccccc1. The molecular weight excluding hydrogens is 392 g/mol. The highest BCUT2D eigenvalue weighted by Gasteiger charge is 2.37. The summed E-state index contributed by atoms with van der Waals surface area (Å²) in [7, 11) is 0. The lowest BCUT2D eigenvalue weighted by atomic mass is 10.0. The van der Waals surface area contributed by atoms with E-state index in [-0.39, 0.29) is 6.61 Å². The van der Waals surface area contributed by atoms with Crippen molar-refractivity contribution in [2.45, 2.75) is 110 Å². The summed E-state index contributed by atoms with van der Waals surface area (Å²) < 4.78 is 0.873. The second kappa shape index (κ2) is 16.4. The van der Waals surface area contributed by atoms with Crippen LogP contribution in [0, 0.1) is 5.92 Å². The van der Waals surface area contributed by atoms with Crippen LogP contribution in [0.1, 0.15) is 109 Å². The van der Waals surface area contributed by atoms with Crippen molar-refractivity contribution in [1.82, 2.24) is 0 Å². The first-order valence-electron chi connectivity index (χ1n) is 13.7. The molecule has 0 spiro atoms. The van der Waals surface area contributed by atoms with Crippen molar-refractivity contribution >= 4 is 5.84 Å². The van der Waals surface area contributed by atoms with E-state index < -0.39 is 0 Å². The van der Waals surface area contributed by atoms with Gasteiger partial charge >= 0.3 is 0 Å². The maximum atomic E-state index is 9.72. The van der Waals surface area contributed by atoms with Gasteiger partial charge in [0.2, 0.25) is 0 Å². The smallest absolute Gasteiger partial charge is 0.198 e. The fourth-order valence-electron chi connectivity index (χ4n) is 5.18. The standard InChI is InChI=1S/C29H51N2O/c1-27(2)18-14-11-9-7-5-3-4-6-8-10-12-17-21-29-30-22-23-31(29,24-25-32)26-28-19-15-13-16-20-28/h13,15-16,19-20,27,32H,3-12,14,17-18,21-26H2,1-2H3/q+1. The summed E-state index contributed by atoms with van der Waals surface area (Å²) in [6.07, 6.45) is 19.3. The second-order valence-corrected chi connectivity index (χ2v) is 10.4. The third kappa shape index (κ3) is 10.6. The molecule has 0 bridgehead atoms. The summed E-state index contributed by atoms with van der Waals surface area (Å²) in [5.74, 6) is 2.20. The Morgan fingerprint density at radius 1 is 0.812 bits per heavy atom. The first kappa shape index (κ1) is 27.1. The Hall–Kier alpha value is -1.19. The number of nitrogens with zero attached hydrogens (tertiary/aromatic N) is 2. The Morgan fingerprint density at radius 2 is 1.38 bits per heavy atom. The Balaban J connectivity index is 1.52. The maximum Gasteiger partial charge on any atom is 0.198 e. The molecule has 0 fully saturated rings. The highest BCUT2D eigenvalue weighted by atomic mass is 16.3. The van der Waals surface area contributed by atoms with E-state index in [2.05, 4.69) is 44.2 Å². The van der Waals surface area contributed by atoms with Crippen LogP contribution in [0.15, 0.2) is 35.3 Å². The molecule has 1 atom stereocenters. The fraction of sp³-hybridized carbons (Fsp3) is 0.759. The van der Waals surface area contributed by atoms with Gasteiger partial charge < -0.3 is 5.11 Å². The summed E-state index contributed by atoms with van der Waals surface area (Å²) >= 11 is 0. The molecule has 1 heterocycles. The van der Waals surface area contributed by atoms with Gasteiger partial charge in [0.15, 0.2) is 5.84 Å². The maximum absolute atomic E-state index is 9.72. The van der Waals surface area contributed by atoms with Crippen LogP contribution in [0.2, 0.25) is 0 Å². The van der Waals surface area contributed by atoms with Gasteiger partial charge in [-0.2, -0.15) is 0 Å². The van der Waals surface area contributed by atoms with Crippen molar-refractivity contribution in [2.75, 3.05) is 26.2 Å². The molecule has 0 aliphatic carbocycles. The number of hydrogen-bond acceptors (Lipinski definition) is 2. The summed E-state index contributed by atoms with van der Waals surface area (Å²) in [6.45, 7) is 8.63. The molecule has 182 valence electrons. The van der Waals surface area contributed by atoms with Crippen LogP contribution in [-0.2, 0) is 6.54 Å². The minimum atomic E-state index is 0.240. The normalized spacial score (nSPS) is 18.4. The molecule has 1 aliphatic rings. The van der Waals surface area contributed by atoms with Crippen molar-refractivity contribution < 1.29 is 9.59 Å². The number of aliphatic hydroxyl groups excluding tert-OH is 1. The quantitative estimate of drug-likeness (QED) is 0.174. The number of aliphatic imine (C=N–C) groups is 1. The van der Waals surface area contributed by atoms with Crippen molar-refractivity contribution in [3.63, 3.8) is 0 Å². The van der Waals surface area contributed by atoms with Crippen LogP contribution in [-0.4, -0.2) is 41.7 Å². The largest absolute Gasteiger partial charge is 0.390 e. The topological polar surface area (TPSA) is 32.6 Å². The van der Waals surface area contributed by atoms with Crippen molar-refractivity contribution in [3.8, 4) is 0 Å². The van der Waals surface area contributed by atoms with Gasteiger partial charge in [0.05, 0.1) is 13.2 Å². The molecule has 32 heavy (non-hydrogen) atoms. The van der Waals surface area contributed by atoms with Crippen molar-refractivity contribution in [2.24, 2.45) is 10.9 Å². The lowest BCUT2D eigenvalue weighted by Gasteiger charge is -2.34. The van der Waals surface area contributed by atoms with Crippen LogP contribution >= 0.6 is 0 Å². The van der Waals surface area contributed by atoms with Crippen LogP contribution in [0.4, 0.5) is 0 Å². The van der Waals surface area contributed by atoms with Gasteiger partial charge in [-0.25, -0.2) is 4.99 Å². The van der Waals surface area contributed by atoms with Gasteiger partial charge in [0, 0.05) is 12.0 Å². The Morgan fingerprint density at radius 3 is 1.94 bits per heavy atom. The zero-order valence-corrected chi connectivity index (χ0v) is 21.2. The Labute approximate surface area is 198 Å². The molecule has 3 heteroatoms. The molecule has 1 aliphatic heterocycles. The van der Waals surface area contributed by atoms with Crippen molar-refractivity contribution in [3.05, 3.63) is 35.9 Å². The summed E-state index contributed by atoms with van der Waals surface area (Å²) in [5, 5.41) is 9.72. The molecule has 0 radical (unpaired) electrons. The third-order valence-electron chi connectivity index (χ3n) is 7.16. The molecule has 1 aromatic rings. The summed E-state index contributed by atoms with van der Waals surface area (Å²) in [4.78, 5) is 4.88. The number of rotatable bonds is 19. The molecular formula is C29H51N2O+. The molecule has 2 rings (SSSR count). The van der Waals surface area contributed by atoms with Crippen LogP contribution < -0.4 is 0 Å². The minimum absolute atomic E-state index is 0.240. The molecule has 0 amide bonds. The predicted octanol–water partition coefficient (Wildman–Crippen LogP) is 7.53. The van der Waals surface area contributed by atoms with Gasteiger partial charge in [-0.1, -0.05) is 121 Å². The number of amidine groups is 1. The highest BCUT2D eigenvalue weighted by Crippen LogP contribution is 2.24. The minimum Gasteiger partial charge on any atom is -0.390 e. The second-order valence-electron chi connectivity index (χ2n) is 10.4.